The lowest BCUT2D eigenvalue weighted by Crippen LogP contribution is -2.37. The zero-order valence-electron chi connectivity index (χ0n) is 12.1. The van der Waals surface area contributed by atoms with E-state index >= 15 is 0 Å². The first-order chi connectivity index (χ1) is 11.4. The predicted molar refractivity (Wildman–Crippen MR) is 76.2 cm³/mol. The van der Waals surface area contributed by atoms with Crippen LogP contribution in [0.1, 0.15) is 6.23 Å². The van der Waals surface area contributed by atoms with Crippen molar-refractivity contribution in [2.45, 2.75) is 24.5 Å². The van der Waals surface area contributed by atoms with Gasteiger partial charge in [-0.2, -0.15) is 4.31 Å². The van der Waals surface area contributed by atoms with Crippen molar-refractivity contribution >= 4 is 15.6 Å². The molecular formula is C9H14N2O12P2. The molecule has 1 aromatic heterocycles. The van der Waals surface area contributed by atoms with E-state index in [1.165, 1.54) is 0 Å². The topological polar surface area (TPSA) is 218 Å². The van der Waals surface area contributed by atoms with Gasteiger partial charge in [0.25, 0.3) is 5.56 Å². The molecule has 16 heteroatoms. The van der Waals surface area contributed by atoms with Crippen molar-refractivity contribution in [3.05, 3.63) is 33.1 Å². The SMILES string of the molecule is O=c1ccn([C@H]2O[C@@H](COP(=O)(O)OP(=O)(O)O)[C@@H](O)[C@H]2O)c(=O)[nH]1. The number of phosphoric ester groups is 1. The number of ether oxygens (including phenoxy) is 1. The van der Waals surface area contributed by atoms with Gasteiger partial charge < -0.3 is 29.6 Å². The first-order valence-corrected chi connectivity index (χ1v) is 9.49. The Labute approximate surface area is 138 Å². The number of hydrogen-bond donors (Lipinski definition) is 6. The first kappa shape index (κ1) is 20.1. The summed E-state index contributed by atoms with van der Waals surface area (Å²) in [6, 6.07) is 0.962. The Hall–Kier alpha value is -1.18. The Balaban J connectivity index is 2.09. The summed E-state index contributed by atoms with van der Waals surface area (Å²) in [6.45, 7) is -0.902. The van der Waals surface area contributed by atoms with Gasteiger partial charge in [-0.05, 0) is 0 Å². The minimum absolute atomic E-state index is 0.704. The second-order valence-corrected chi connectivity index (χ2v) is 7.73. The standard InChI is InChI=1S/C9H14N2O12P2/c12-5-1-2-11(9(15)10-5)8-7(14)6(13)4(22-8)3-21-25(19,20)23-24(16,17)18/h1-2,4,6-8,13-14H,3H2,(H,19,20)(H,10,12,15)(H2,16,17,18)/t4-,6+,7+,8-/m0/s1. The lowest BCUT2D eigenvalue weighted by atomic mass is 10.1. The second-order valence-electron chi connectivity index (χ2n) is 4.90. The lowest BCUT2D eigenvalue weighted by Gasteiger charge is -2.17. The number of aromatic nitrogens is 2. The van der Waals surface area contributed by atoms with Gasteiger partial charge in [0.1, 0.15) is 18.3 Å². The Morgan fingerprint density at radius 3 is 2.40 bits per heavy atom. The third kappa shape index (κ3) is 5.15. The van der Waals surface area contributed by atoms with Crippen molar-refractivity contribution < 1.29 is 47.6 Å². The average molecular weight is 404 g/mol. The normalized spacial score (nSPS) is 29.5. The highest BCUT2D eigenvalue weighted by atomic mass is 31.3. The minimum atomic E-state index is -5.32. The number of phosphoric acid groups is 2. The molecule has 1 aliphatic heterocycles. The molecule has 25 heavy (non-hydrogen) atoms. The van der Waals surface area contributed by atoms with Crippen LogP contribution in [-0.2, 0) is 22.7 Å². The smallest absolute Gasteiger partial charge is 0.387 e. The van der Waals surface area contributed by atoms with Crippen LogP contribution < -0.4 is 11.2 Å². The van der Waals surface area contributed by atoms with E-state index in [-0.39, 0.29) is 0 Å². The summed E-state index contributed by atoms with van der Waals surface area (Å²) in [7, 11) is -10.5. The van der Waals surface area contributed by atoms with Gasteiger partial charge in [-0.3, -0.25) is 18.9 Å². The monoisotopic (exact) mass is 404 g/mol. The second kappa shape index (κ2) is 7.21. The molecule has 2 rings (SSSR count). The number of aliphatic hydroxyl groups is 2. The molecule has 0 amide bonds. The van der Waals surface area contributed by atoms with Crippen LogP contribution in [-0.4, -0.2) is 59.4 Å². The number of aromatic amines is 1. The van der Waals surface area contributed by atoms with Gasteiger partial charge in [0.2, 0.25) is 0 Å². The fourth-order valence-corrected chi connectivity index (χ4v) is 3.65. The van der Waals surface area contributed by atoms with E-state index in [1.807, 2.05) is 4.98 Å². The maximum Gasteiger partial charge on any atom is 0.481 e. The van der Waals surface area contributed by atoms with E-state index in [1.54, 1.807) is 0 Å². The number of aliphatic hydroxyl groups excluding tert-OH is 2. The maximum atomic E-state index is 11.7. The zero-order valence-corrected chi connectivity index (χ0v) is 13.9. The largest absolute Gasteiger partial charge is 0.481 e. The Morgan fingerprint density at radius 1 is 1.20 bits per heavy atom. The third-order valence-corrected chi connectivity index (χ3v) is 5.23. The summed E-state index contributed by atoms with van der Waals surface area (Å²) in [6.07, 6.45) is -5.25. The molecule has 1 aromatic rings. The molecule has 0 saturated carbocycles. The average Bonchev–Trinajstić information content (AvgIpc) is 2.71. The number of rotatable bonds is 6. The van der Waals surface area contributed by atoms with E-state index in [4.69, 9.17) is 19.4 Å². The molecule has 0 radical (unpaired) electrons. The van der Waals surface area contributed by atoms with Gasteiger partial charge in [0, 0.05) is 12.3 Å². The first-order valence-electron chi connectivity index (χ1n) is 6.47. The summed E-state index contributed by atoms with van der Waals surface area (Å²) < 4.78 is 35.6. The molecule has 0 aromatic carbocycles. The molecule has 14 nitrogen and oxygen atoms in total. The van der Waals surface area contributed by atoms with Crippen LogP contribution >= 0.6 is 15.6 Å². The molecule has 142 valence electrons. The summed E-state index contributed by atoms with van der Waals surface area (Å²) in [5.74, 6) is 0. The fraction of sp³-hybridized carbons (Fsp3) is 0.556. The Kier molecular flexibility index (Phi) is 5.81. The van der Waals surface area contributed by atoms with Gasteiger partial charge in [-0.25, -0.2) is 13.9 Å². The highest BCUT2D eigenvalue weighted by Crippen LogP contribution is 2.57. The summed E-state index contributed by atoms with van der Waals surface area (Å²) in [4.78, 5) is 50.7. The highest BCUT2D eigenvalue weighted by Gasteiger charge is 2.45. The molecule has 0 bridgehead atoms. The third-order valence-electron chi connectivity index (χ3n) is 3.07. The number of H-pyrrole nitrogens is 1. The highest BCUT2D eigenvalue weighted by molar-refractivity contribution is 7.60. The minimum Gasteiger partial charge on any atom is -0.387 e. The summed E-state index contributed by atoms with van der Waals surface area (Å²) >= 11 is 0. The molecule has 5 atom stereocenters. The molecule has 0 spiro atoms. The molecule has 1 fully saturated rings. The van der Waals surface area contributed by atoms with Crippen molar-refractivity contribution in [3.8, 4) is 0 Å². The molecule has 1 unspecified atom stereocenters. The van der Waals surface area contributed by atoms with Crippen molar-refractivity contribution in [2.24, 2.45) is 0 Å². The van der Waals surface area contributed by atoms with E-state index in [0.29, 0.717) is 0 Å². The van der Waals surface area contributed by atoms with Crippen molar-refractivity contribution in [1.29, 1.82) is 0 Å². The number of nitrogens with one attached hydrogen (secondary N) is 1. The van der Waals surface area contributed by atoms with E-state index in [0.717, 1.165) is 16.8 Å². The Morgan fingerprint density at radius 2 is 1.84 bits per heavy atom. The van der Waals surface area contributed by atoms with E-state index < -0.39 is 58.0 Å². The van der Waals surface area contributed by atoms with Gasteiger partial charge in [-0.1, -0.05) is 0 Å². The van der Waals surface area contributed by atoms with Gasteiger partial charge in [0.05, 0.1) is 6.61 Å². The molecule has 1 saturated heterocycles. The quantitative estimate of drug-likeness (QED) is 0.269. The van der Waals surface area contributed by atoms with Crippen LogP contribution in [0, 0.1) is 0 Å². The van der Waals surface area contributed by atoms with Crippen molar-refractivity contribution in [3.63, 3.8) is 0 Å². The number of hydrogen-bond acceptors (Lipinski definition) is 9. The summed E-state index contributed by atoms with van der Waals surface area (Å²) in [5.41, 5.74) is -1.65. The van der Waals surface area contributed by atoms with Crippen LogP contribution in [0.25, 0.3) is 0 Å². The van der Waals surface area contributed by atoms with Crippen molar-refractivity contribution in [1.82, 2.24) is 9.55 Å². The van der Waals surface area contributed by atoms with Gasteiger partial charge in [0.15, 0.2) is 6.23 Å². The maximum absolute atomic E-state index is 11.7. The van der Waals surface area contributed by atoms with Crippen molar-refractivity contribution in [2.75, 3.05) is 6.61 Å². The van der Waals surface area contributed by atoms with Crippen LogP contribution in [0.3, 0.4) is 0 Å². The molecule has 1 aliphatic rings. The van der Waals surface area contributed by atoms with Crippen LogP contribution in [0.2, 0.25) is 0 Å². The number of nitrogens with zero attached hydrogens (tertiary/aromatic N) is 1. The van der Waals surface area contributed by atoms with Crippen LogP contribution in [0.5, 0.6) is 0 Å². The zero-order chi connectivity index (χ0) is 19.0. The molecule has 6 N–H and O–H groups in total. The van der Waals surface area contributed by atoms with E-state index in [9.17, 15) is 28.9 Å². The molecule has 2 heterocycles. The summed E-state index contributed by atoms with van der Waals surface area (Å²) in [5, 5.41) is 19.8. The fourth-order valence-electron chi connectivity index (χ4n) is 2.05. The predicted octanol–water partition coefficient (Wildman–Crippen LogP) is -2.62. The van der Waals surface area contributed by atoms with Crippen LogP contribution in [0.15, 0.2) is 21.9 Å². The van der Waals surface area contributed by atoms with Crippen LogP contribution in [0.4, 0.5) is 0 Å². The van der Waals surface area contributed by atoms with Gasteiger partial charge in [-0.15, -0.1) is 0 Å². The van der Waals surface area contributed by atoms with Gasteiger partial charge >= 0.3 is 21.3 Å². The lowest BCUT2D eigenvalue weighted by molar-refractivity contribution is -0.0542. The Bertz CT molecular complexity index is 828. The van der Waals surface area contributed by atoms with E-state index in [2.05, 4.69) is 8.83 Å². The molecular weight excluding hydrogens is 390 g/mol. The molecule has 0 aliphatic carbocycles.